The predicted octanol–water partition coefficient (Wildman–Crippen LogP) is 1.85. The SMILES string of the molecule is N#CC=Cc1cc(C=O)cc(C=O)c1. The first kappa shape index (κ1) is 9.87. The van der Waals surface area contributed by atoms with E-state index in [9.17, 15) is 9.59 Å². The van der Waals surface area contributed by atoms with E-state index in [1.807, 2.05) is 6.07 Å². The monoisotopic (exact) mass is 185 g/mol. The van der Waals surface area contributed by atoms with E-state index in [4.69, 9.17) is 5.26 Å². The zero-order chi connectivity index (χ0) is 10.4. The highest BCUT2D eigenvalue weighted by atomic mass is 16.1. The summed E-state index contributed by atoms with van der Waals surface area (Å²) in [5, 5.41) is 8.30. The summed E-state index contributed by atoms with van der Waals surface area (Å²) >= 11 is 0. The molecule has 1 aromatic carbocycles. The largest absolute Gasteiger partial charge is 0.298 e. The van der Waals surface area contributed by atoms with Crippen molar-refractivity contribution >= 4 is 18.6 Å². The molecule has 0 unspecified atom stereocenters. The van der Waals surface area contributed by atoms with Crippen LogP contribution in [0.15, 0.2) is 24.3 Å². The van der Waals surface area contributed by atoms with E-state index < -0.39 is 0 Å². The lowest BCUT2D eigenvalue weighted by Gasteiger charge is -1.96. The summed E-state index contributed by atoms with van der Waals surface area (Å²) in [7, 11) is 0. The van der Waals surface area contributed by atoms with Crippen LogP contribution < -0.4 is 0 Å². The van der Waals surface area contributed by atoms with E-state index in [0.717, 1.165) is 0 Å². The molecule has 0 saturated carbocycles. The van der Waals surface area contributed by atoms with Gasteiger partial charge in [0.25, 0.3) is 0 Å². The van der Waals surface area contributed by atoms with E-state index in [-0.39, 0.29) is 0 Å². The van der Waals surface area contributed by atoms with Crippen molar-refractivity contribution < 1.29 is 9.59 Å². The van der Waals surface area contributed by atoms with Crippen molar-refractivity contribution in [3.8, 4) is 6.07 Å². The third-order valence-corrected chi connectivity index (χ3v) is 1.62. The summed E-state index contributed by atoms with van der Waals surface area (Å²) in [6, 6.07) is 6.53. The van der Waals surface area contributed by atoms with Crippen molar-refractivity contribution in [3.05, 3.63) is 41.0 Å². The van der Waals surface area contributed by atoms with Gasteiger partial charge >= 0.3 is 0 Å². The zero-order valence-corrected chi connectivity index (χ0v) is 7.31. The number of benzene rings is 1. The van der Waals surface area contributed by atoms with Crippen LogP contribution in [0.1, 0.15) is 26.3 Å². The predicted molar refractivity (Wildman–Crippen MR) is 51.9 cm³/mol. The van der Waals surface area contributed by atoms with E-state index in [0.29, 0.717) is 29.3 Å². The molecule has 0 aliphatic carbocycles. The average Bonchev–Trinajstić information content (AvgIpc) is 2.25. The summed E-state index contributed by atoms with van der Waals surface area (Å²) in [5.74, 6) is 0. The van der Waals surface area contributed by atoms with E-state index in [1.54, 1.807) is 18.2 Å². The number of rotatable bonds is 3. The highest BCUT2D eigenvalue weighted by molar-refractivity contribution is 5.83. The molecule has 0 aliphatic heterocycles. The lowest BCUT2D eigenvalue weighted by molar-refractivity contribution is 0.112. The Bertz CT molecular complexity index is 401. The molecule has 0 fully saturated rings. The Morgan fingerprint density at radius 3 is 1.93 bits per heavy atom. The van der Waals surface area contributed by atoms with Crippen LogP contribution in [0.25, 0.3) is 6.08 Å². The van der Waals surface area contributed by atoms with E-state index >= 15 is 0 Å². The van der Waals surface area contributed by atoms with Gasteiger partial charge in [-0.2, -0.15) is 5.26 Å². The molecular formula is C11H7NO2. The van der Waals surface area contributed by atoms with E-state index in [2.05, 4.69) is 0 Å². The number of carbonyl (C=O) groups excluding carboxylic acids is 2. The number of nitrogens with zero attached hydrogens (tertiary/aromatic N) is 1. The van der Waals surface area contributed by atoms with Crippen molar-refractivity contribution in [1.29, 1.82) is 5.26 Å². The van der Waals surface area contributed by atoms with Crippen molar-refractivity contribution in [2.24, 2.45) is 0 Å². The van der Waals surface area contributed by atoms with Gasteiger partial charge < -0.3 is 0 Å². The lowest BCUT2D eigenvalue weighted by atomic mass is 10.1. The topological polar surface area (TPSA) is 57.9 Å². The Hall–Kier alpha value is -2.21. The molecule has 3 heteroatoms. The molecule has 0 atom stereocenters. The molecular weight excluding hydrogens is 178 g/mol. The van der Waals surface area contributed by atoms with Crippen LogP contribution >= 0.6 is 0 Å². The zero-order valence-electron chi connectivity index (χ0n) is 7.31. The van der Waals surface area contributed by atoms with Gasteiger partial charge in [0.05, 0.1) is 6.07 Å². The van der Waals surface area contributed by atoms with Gasteiger partial charge in [0.15, 0.2) is 0 Å². The van der Waals surface area contributed by atoms with Crippen molar-refractivity contribution in [1.82, 2.24) is 0 Å². The Balaban J connectivity index is 3.18. The van der Waals surface area contributed by atoms with Crippen molar-refractivity contribution in [2.75, 3.05) is 0 Å². The number of hydrogen-bond acceptors (Lipinski definition) is 3. The van der Waals surface area contributed by atoms with Crippen LogP contribution in [0.2, 0.25) is 0 Å². The second-order valence-corrected chi connectivity index (χ2v) is 2.63. The Morgan fingerprint density at radius 2 is 1.50 bits per heavy atom. The summed E-state index contributed by atoms with van der Waals surface area (Å²) in [4.78, 5) is 21.0. The molecule has 0 N–H and O–H groups in total. The average molecular weight is 185 g/mol. The maximum absolute atomic E-state index is 10.5. The molecule has 14 heavy (non-hydrogen) atoms. The lowest BCUT2D eigenvalue weighted by Crippen LogP contribution is -1.87. The Kier molecular flexibility index (Phi) is 3.33. The third-order valence-electron chi connectivity index (χ3n) is 1.62. The quantitative estimate of drug-likeness (QED) is 0.533. The molecule has 0 radical (unpaired) electrons. The standard InChI is InChI=1S/C11H7NO2/c12-3-1-2-9-4-10(7-13)6-11(5-9)8-14/h1-2,4-8H. The summed E-state index contributed by atoms with van der Waals surface area (Å²) in [5.41, 5.74) is 1.51. The molecule has 1 aromatic rings. The van der Waals surface area contributed by atoms with Crippen LogP contribution in [0.4, 0.5) is 0 Å². The summed E-state index contributed by atoms with van der Waals surface area (Å²) in [6.07, 6.45) is 4.16. The normalized spacial score (nSPS) is 9.64. The molecule has 0 saturated heterocycles. The molecule has 0 amide bonds. The second-order valence-electron chi connectivity index (χ2n) is 2.63. The summed E-state index contributed by atoms with van der Waals surface area (Å²) < 4.78 is 0. The van der Waals surface area contributed by atoms with Crippen LogP contribution in [-0.2, 0) is 0 Å². The maximum atomic E-state index is 10.5. The van der Waals surface area contributed by atoms with Gasteiger partial charge in [-0.1, -0.05) is 0 Å². The number of aldehydes is 2. The molecule has 0 spiro atoms. The minimum atomic E-state index is 0.423. The first-order chi connectivity index (χ1) is 6.80. The van der Waals surface area contributed by atoms with Gasteiger partial charge in [0.1, 0.15) is 12.6 Å². The molecule has 0 aromatic heterocycles. The van der Waals surface area contributed by atoms with Crippen LogP contribution in [0, 0.1) is 11.3 Å². The smallest absolute Gasteiger partial charge is 0.150 e. The molecule has 0 heterocycles. The van der Waals surface area contributed by atoms with Crippen LogP contribution in [0.5, 0.6) is 0 Å². The number of nitriles is 1. The number of carbonyl (C=O) groups is 2. The molecule has 1 rings (SSSR count). The first-order valence-corrected chi connectivity index (χ1v) is 3.92. The van der Waals surface area contributed by atoms with Gasteiger partial charge in [-0.25, -0.2) is 0 Å². The van der Waals surface area contributed by atoms with Crippen molar-refractivity contribution in [2.45, 2.75) is 0 Å². The van der Waals surface area contributed by atoms with Crippen LogP contribution in [-0.4, -0.2) is 12.6 Å². The van der Waals surface area contributed by atoms with Gasteiger partial charge in [0.2, 0.25) is 0 Å². The Labute approximate surface area is 81.3 Å². The fraction of sp³-hybridized carbons (Fsp3) is 0. The third kappa shape index (κ3) is 2.39. The molecule has 0 aliphatic rings. The summed E-state index contributed by atoms with van der Waals surface area (Å²) in [6.45, 7) is 0. The van der Waals surface area contributed by atoms with Gasteiger partial charge in [-0.3, -0.25) is 9.59 Å². The molecule has 68 valence electrons. The highest BCUT2D eigenvalue weighted by Gasteiger charge is 1.97. The number of allylic oxidation sites excluding steroid dienone is 1. The molecule has 3 nitrogen and oxygen atoms in total. The highest BCUT2D eigenvalue weighted by Crippen LogP contribution is 2.09. The van der Waals surface area contributed by atoms with E-state index in [1.165, 1.54) is 12.1 Å². The Morgan fingerprint density at radius 1 is 1.00 bits per heavy atom. The van der Waals surface area contributed by atoms with Gasteiger partial charge in [-0.15, -0.1) is 0 Å². The van der Waals surface area contributed by atoms with Gasteiger partial charge in [0, 0.05) is 17.2 Å². The van der Waals surface area contributed by atoms with Gasteiger partial charge in [-0.05, 0) is 29.8 Å². The second kappa shape index (κ2) is 4.73. The fourth-order valence-corrected chi connectivity index (χ4v) is 1.07. The van der Waals surface area contributed by atoms with Crippen molar-refractivity contribution in [3.63, 3.8) is 0 Å². The fourth-order valence-electron chi connectivity index (χ4n) is 1.07. The molecule has 0 bridgehead atoms. The maximum Gasteiger partial charge on any atom is 0.150 e. The minimum absolute atomic E-state index is 0.423. The minimum Gasteiger partial charge on any atom is -0.298 e. The van der Waals surface area contributed by atoms with Crippen LogP contribution in [0.3, 0.4) is 0 Å². The first-order valence-electron chi connectivity index (χ1n) is 3.92. The number of hydrogen-bond donors (Lipinski definition) is 0.